The number of nitriles is 1. The van der Waals surface area contributed by atoms with E-state index in [9.17, 15) is 9.59 Å². The number of hydrogen-bond acceptors (Lipinski definition) is 5. The highest BCUT2D eigenvalue weighted by Gasteiger charge is 2.20. The van der Waals surface area contributed by atoms with Gasteiger partial charge in [0.25, 0.3) is 5.91 Å². The molecule has 1 aromatic carbocycles. The van der Waals surface area contributed by atoms with Crippen LogP contribution in [0.25, 0.3) is 0 Å². The van der Waals surface area contributed by atoms with Crippen molar-refractivity contribution in [1.29, 1.82) is 5.26 Å². The van der Waals surface area contributed by atoms with E-state index in [2.05, 4.69) is 15.3 Å². The number of rotatable bonds is 4. The van der Waals surface area contributed by atoms with Gasteiger partial charge in [-0.25, -0.2) is 9.78 Å². The van der Waals surface area contributed by atoms with E-state index in [4.69, 9.17) is 15.1 Å². The van der Waals surface area contributed by atoms with Gasteiger partial charge in [-0.3, -0.25) is 4.79 Å². The zero-order valence-electron chi connectivity index (χ0n) is 10.9. The molecule has 0 fully saturated rings. The highest BCUT2D eigenvalue weighted by Crippen LogP contribution is 2.25. The van der Waals surface area contributed by atoms with E-state index in [1.54, 1.807) is 0 Å². The minimum Gasteiger partial charge on any atom is -0.495 e. The second kappa shape index (κ2) is 5.75. The number of amides is 1. The number of aromatic carboxylic acids is 1. The van der Waals surface area contributed by atoms with Crippen molar-refractivity contribution in [2.75, 3.05) is 12.4 Å². The predicted octanol–water partition coefficient (Wildman–Crippen LogP) is 1.24. The fraction of sp³-hybridized carbons (Fsp3) is 0.0769. The maximum Gasteiger partial charge on any atom is 0.354 e. The van der Waals surface area contributed by atoms with Crippen LogP contribution in [0.4, 0.5) is 5.69 Å². The molecule has 2 aromatic rings. The van der Waals surface area contributed by atoms with Crippen LogP contribution in [-0.2, 0) is 0 Å². The number of carbonyl (C=O) groups excluding carboxylic acids is 1. The van der Waals surface area contributed by atoms with Gasteiger partial charge in [0.2, 0.25) is 0 Å². The number of hydrogen-bond donors (Lipinski definition) is 3. The molecule has 0 saturated carbocycles. The molecule has 3 N–H and O–H groups in total. The fourth-order valence-electron chi connectivity index (χ4n) is 1.68. The summed E-state index contributed by atoms with van der Waals surface area (Å²) < 4.78 is 5.07. The molecule has 0 aliphatic carbocycles. The molecule has 0 atom stereocenters. The van der Waals surface area contributed by atoms with Gasteiger partial charge in [0.05, 0.1) is 30.8 Å². The number of methoxy groups -OCH3 is 1. The standard InChI is InChI=1S/C13H10N4O4/c1-21-9-4-7(5-14)2-3-8(9)17-12(18)10-11(13(19)20)16-6-15-10/h2-4,6H,1H3,(H,15,16)(H,17,18)(H,19,20). The van der Waals surface area contributed by atoms with E-state index in [-0.39, 0.29) is 17.1 Å². The lowest BCUT2D eigenvalue weighted by molar-refractivity contribution is 0.0686. The molecule has 0 aliphatic rings. The summed E-state index contributed by atoms with van der Waals surface area (Å²) in [4.78, 5) is 29.0. The summed E-state index contributed by atoms with van der Waals surface area (Å²) in [5.41, 5.74) is 0.130. The van der Waals surface area contributed by atoms with E-state index < -0.39 is 11.9 Å². The molecule has 0 aliphatic heterocycles. The molecule has 106 valence electrons. The van der Waals surface area contributed by atoms with Crippen LogP contribution in [0.1, 0.15) is 26.5 Å². The Balaban J connectivity index is 2.30. The van der Waals surface area contributed by atoms with Gasteiger partial charge in [0.15, 0.2) is 11.4 Å². The maximum atomic E-state index is 12.0. The molecule has 0 bridgehead atoms. The van der Waals surface area contributed by atoms with Crippen LogP contribution in [0.3, 0.4) is 0 Å². The van der Waals surface area contributed by atoms with E-state index >= 15 is 0 Å². The third-order valence-electron chi connectivity index (χ3n) is 2.65. The monoisotopic (exact) mass is 286 g/mol. The van der Waals surface area contributed by atoms with Gasteiger partial charge in [-0.15, -0.1) is 0 Å². The zero-order chi connectivity index (χ0) is 15.4. The predicted molar refractivity (Wildman–Crippen MR) is 71.2 cm³/mol. The number of carboxylic acids is 1. The molecular weight excluding hydrogens is 276 g/mol. The summed E-state index contributed by atoms with van der Waals surface area (Å²) in [6.07, 6.45) is 1.12. The number of H-pyrrole nitrogens is 1. The molecule has 8 nitrogen and oxygen atoms in total. The van der Waals surface area contributed by atoms with E-state index in [0.717, 1.165) is 6.33 Å². The van der Waals surface area contributed by atoms with Gasteiger partial charge >= 0.3 is 5.97 Å². The number of nitrogens with one attached hydrogen (secondary N) is 2. The van der Waals surface area contributed by atoms with Crippen LogP contribution in [0.5, 0.6) is 5.75 Å². The van der Waals surface area contributed by atoms with Crippen molar-refractivity contribution in [2.24, 2.45) is 0 Å². The van der Waals surface area contributed by atoms with Crippen molar-refractivity contribution in [3.05, 3.63) is 41.5 Å². The molecule has 1 heterocycles. The van der Waals surface area contributed by atoms with Gasteiger partial charge < -0.3 is 20.1 Å². The minimum absolute atomic E-state index is 0.242. The zero-order valence-corrected chi connectivity index (χ0v) is 10.9. The maximum absolute atomic E-state index is 12.0. The van der Waals surface area contributed by atoms with Crippen LogP contribution < -0.4 is 10.1 Å². The first-order valence-corrected chi connectivity index (χ1v) is 5.73. The van der Waals surface area contributed by atoms with Crippen molar-refractivity contribution < 1.29 is 19.4 Å². The van der Waals surface area contributed by atoms with Crippen molar-refractivity contribution in [2.45, 2.75) is 0 Å². The number of ether oxygens (including phenoxy) is 1. The van der Waals surface area contributed by atoms with Crippen molar-refractivity contribution >= 4 is 17.6 Å². The van der Waals surface area contributed by atoms with Crippen molar-refractivity contribution in [3.8, 4) is 11.8 Å². The Bertz CT molecular complexity index is 745. The largest absolute Gasteiger partial charge is 0.495 e. The Hall–Kier alpha value is -3.34. The van der Waals surface area contributed by atoms with Gasteiger partial charge in [-0.1, -0.05) is 0 Å². The Kier molecular flexibility index (Phi) is 3.85. The molecule has 0 unspecified atom stereocenters. The number of carbonyl (C=O) groups is 2. The first-order chi connectivity index (χ1) is 10.1. The highest BCUT2D eigenvalue weighted by molar-refractivity contribution is 6.09. The van der Waals surface area contributed by atoms with Crippen molar-refractivity contribution in [3.63, 3.8) is 0 Å². The van der Waals surface area contributed by atoms with Crippen LogP contribution >= 0.6 is 0 Å². The molecular formula is C13H10N4O4. The van der Waals surface area contributed by atoms with Gasteiger partial charge in [-0.05, 0) is 12.1 Å². The third kappa shape index (κ3) is 2.82. The summed E-state index contributed by atoms with van der Waals surface area (Å²) in [5, 5.41) is 20.2. The molecule has 0 saturated heterocycles. The average molecular weight is 286 g/mol. The first kappa shape index (κ1) is 14.1. The fourth-order valence-corrected chi connectivity index (χ4v) is 1.68. The number of imidazole rings is 1. The lowest BCUT2D eigenvalue weighted by Crippen LogP contribution is -2.17. The molecule has 2 rings (SSSR count). The summed E-state index contributed by atoms with van der Waals surface area (Å²) in [6, 6.07) is 6.39. The summed E-state index contributed by atoms with van der Waals surface area (Å²) in [7, 11) is 1.39. The Morgan fingerprint density at radius 2 is 2.24 bits per heavy atom. The second-order valence-corrected chi connectivity index (χ2v) is 3.91. The Morgan fingerprint density at radius 1 is 1.48 bits per heavy atom. The number of carboxylic acid groups (broad SMARTS) is 1. The Morgan fingerprint density at radius 3 is 2.86 bits per heavy atom. The summed E-state index contributed by atoms with van der Waals surface area (Å²) >= 11 is 0. The van der Waals surface area contributed by atoms with Crippen LogP contribution in [0, 0.1) is 11.3 Å². The smallest absolute Gasteiger partial charge is 0.354 e. The lowest BCUT2D eigenvalue weighted by Gasteiger charge is -2.09. The molecule has 0 radical (unpaired) electrons. The van der Waals surface area contributed by atoms with Crippen LogP contribution in [0.2, 0.25) is 0 Å². The van der Waals surface area contributed by atoms with Gasteiger partial charge in [-0.2, -0.15) is 5.26 Å². The second-order valence-electron chi connectivity index (χ2n) is 3.91. The Labute approximate surface area is 119 Å². The SMILES string of the molecule is COc1cc(C#N)ccc1NC(=O)c1nc[nH]c1C(=O)O. The summed E-state index contributed by atoms with van der Waals surface area (Å²) in [5.74, 6) is -1.70. The van der Waals surface area contributed by atoms with E-state index in [0.29, 0.717) is 11.3 Å². The normalized spacial score (nSPS) is 9.71. The highest BCUT2D eigenvalue weighted by atomic mass is 16.5. The molecule has 0 spiro atoms. The molecule has 1 aromatic heterocycles. The van der Waals surface area contributed by atoms with E-state index in [1.807, 2.05) is 6.07 Å². The molecule has 8 heteroatoms. The first-order valence-electron chi connectivity index (χ1n) is 5.73. The molecule has 1 amide bonds. The number of nitrogens with zero attached hydrogens (tertiary/aromatic N) is 2. The lowest BCUT2D eigenvalue weighted by atomic mass is 10.2. The van der Waals surface area contributed by atoms with Crippen LogP contribution in [-0.4, -0.2) is 34.1 Å². The van der Waals surface area contributed by atoms with Crippen molar-refractivity contribution in [1.82, 2.24) is 9.97 Å². The van der Waals surface area contributed by atoms with Gasteiger partial charge in [0.1, 0.15) is 5.75 Å². The topological polar surface area (TPSA) is 128 Å². The number of anilines is 1. The summed E-state index contributed by atoms with van der Waals surface area (Å²) in [6.45, 7) is 0. The third-order valence-corrected chi connectivity index (χ3v) is 2.65. The average Bonchev–Trinajstić information content (AvgIpc) is 2.97. The number of aromatic amines is 1. The molecule has 21 heavy (non-hydrogen) atoms. The van der Waals surface area contributed by atoms with Crippen LogP contribution in [0.15, 0.2) is 24.5 Å². The number of aromatic nitrogens is 2. The minimum atomic E-state index is -1.29. The quantitative estimate of drug-likeness (QED) is 0.775. The van der Waals surface area contributed by atoms with Gasteiger partial charge in [0, 0.05) is 6.07 Å². The number of benzene rings is 1. The van der Waals surface area contributed by atoms with E-state index in [1.165, 1.54) is 25.3 Å².